The van der Waals surface area contributed by atoms with E-state index in [0.29, 0.717) is 22.1 Å². The molecule has 1 aliphatic rings. The molecule has 0 aliphatic carbocycles. The van der Waals surface area contributed by atoms with Crippen molar-refractivity contribution in [1.29, 1.82) is 0 Å². The molecule has 0 saturated carbocycles. The Morgan fingerprint density at radius 1 is 1.07 bits per heavy atom. The number of carbonyl (C=O) groups excluding carboxylic acids is 2. The van der Waals surface area contributed by atoms with Crippen LogP contribution >= 0.6 is 27.5 Å². The molecule has 1 aliphatic heterocycles. The lowest BCUT2D eigenvalue weighted by Gasteiger charge is -2.06. The Morgan fingerprint density at radius 2 is 1.83 bits per heavy atom. The molecule has 1 heterocycles. The minimum Gasteiger partial charge on any atom is -0.452 e. The number of rotatable bonds is 4. The first kappa shape index (κ1) is 19.4. The van der Waals surface area contributed by atoms with Crippen LogP contribution in [0.3, 0.4) is 0 Å². The maximum absolute atomic E-state index is 12.6. The predicted molar refractivity (Wildman–Crippen MR) is 114 cm³/mol. The highest BCUT2D eigenvalue weighted by Gasteiger charge is 2.28. The SMILES string of the molecule is O=C(Cc1ccc(Cl)cc1)Oc1ccc2c(c1)O/C(=C\c1ccccc1Br)C2=O. The van der Waals surface area contributed by atoms with Crippen molar-refractivity contribution in [2.75, 3.05) is 0 Å². The molecule has 0 saturated heterocycles. The van der Waals surface area contributed by atoms with Crippen LogP contribution in [0.15, 0.2) is 77.0 Å². The molecule has 0 spiro atoms. The van der Waals surface area contributed by atoms with Crippen LogP contribution in [0.2, 0.25) is 5.02 Å². The molecule has 0 aromatic heterocycles. The second kappa shape index (κ2) is 8.23. The van der Waals surface area contributed by atoms with Gasteiger partial charge in [0.15, 0.2) is 5.76 Å². The number of Topliss-reactive ketones (excluding diaryl/α,β-unsaturated/α-hetero) is 1. The highest BCUT2D eigenvalue weighted by Crippen LogP contribution is 2.35. The Morgan fingerprint density at radius 3 is 2.59 bits per heavy atom. The summed E-state index contributed by atoms with van der Waals surface area (Å²) in [5.74, 6) is 0.273. The molecule has 6 heteroatoms. The smallest absolute Gasteiger partial charge is 0.315 e. The van der Waals surface area contributed by atoms with Crippen LogP contribution in [0.5, 0.6) is 11.5 Å². The van der Waals surface area contributed by atoms with Crippen molar-refractivity contribution < 1.29 is 19.1 Å². The Kier molecular flexibility index (Phi) is 5.51. The molecular weight excluding hydrogens is 456 g/mol. The summed E-state index contributed by atoms with van der Waals surface area (Å²) in [5, 5.41) is 0.606. The number of benzene rings is 3. The molecule has 3 aromatic rings. The highest BCUT2D eigenvalue weighted by atomic mass is 79.9. The summed E-state index contributed by atoms with van der Waals surface area (Å²) in [6, 6.07) is 19.2. The van der Waals surface area contributed by atoms with Gasteiger partial charge in [0.25, 0.3) is 0 Å². The summed E-state index contributed by atoms with van der Waals surface area (Å²) in [6.45, 7) is 0. The normalized spacial score (nSPS) is 13.9. The minimum atomic E-state index is -0.416. The zero-order valence-corrected chi connectivity index (χ0v) is 17.4. The Balaban J connectivity index is 1.49. The van der Waals surface area contributed by atoms with Gasteiger partial charge in [-0.2, -0.15) is 0 Å². The molecular formula is C23H14BrClO4. The van der Waals surface area contributed by atoms with Gasteiger partial charge < -0.3 is 9.47 Å². The largest absolute Gasteiger partial charge is 0.452 e. The Bertz CT molecular complexity index is 1140. The molecule has 0 N–H and O–H groups in total. The third-order valence-corrected chi connectivity index (χ3v) is 5.30. The van der Waals surface area contributed by atoms with Crippen LogP contribution in [-0.2, 0) is 11.2 Å². The summed E-state index contributed by atoms with van der Waals surface area (Å²) in [4.78, 5) is 24.8. The van der Waals surface area contributed by atoms with Gasteiger partial charge in [-0.3, -0.25) is 9.59 Å². The van der Waals surface area contributed by atoms with Crippen LogP contribution in [0, 0.1) is 0 Å². The van der Waals surface area contributed by atoms with E-state index in [4.69, 9.17) is 21.1 Å². The predicted octanol–water partition coefficient (Wildman–Crippen LogP) is 5.87. The average Bonchev–Trinajstić information content (AvgIpc) is 3.00. The van der Waals surface area contributed by atoms with Crippen molar-refractivity contribution in [1.82, 2.24) is 0 Å². The second-order valence-corrected chi connectivity index (χ2v) is 7.69. The van der Waals surface area contributed by atoms with Gasteiger partial charge in [0.05, 0.1) is 12.0 Å². The van der Waals surface area contributed by atoms with Crippen molar-refractivity contribution in [3.8, 4) is 11.5 Å². The first-order valence-corrected chi connectivity index (χ1v) is 9.94. The number of ketones is 1. The monoisotopic (exact) mass is 468 g/mol. The van der Waals surface area contributed by atoms with Gasteiger partial charge in [-0.25, -0.2) is 0 Å². The van der Waals surface area contributed by atoms with E-state index in [1.54, 1.807) is 48.5 Å². The van der Waals surface area contributed by atoms with E-state index in [0.717, 1.165) is 15.6 Å². The van der Waals surface area contributed by atoms with Gasteiger partial charge in [-0.05, 0) is 47.5 Å². The maximum atomic E-state index is 12.6. The zero-order chi connectivity index (χ0) is 20.4. The van der Waals surface area contributed by atoms with E-state index in [2.05, 4.69) is 15.9 Å². The fourth-order valence-corrected chi connectivity index (χ4v) is 3.43. The van der Waals surface area contributed by atoms with Gasteiger partial charge in [0.2, 0.25) is 5.78 Å². The van der Waals surface area contributed by atoms with Crippen molar-refractivity contribution >= 4 is 45.4 Å². The van der Waals surface area contributed by atoms with Crippen molar-refractivity contribution in [3.05, 3.63) is 98.7 Å². The first-order chi connectivity index (χ1) is 14.0. The van der Waals surface area contributed by atoms with E-state index < -0.39 is 5.97 Å². The molecule has 29 heavy (non-hydrogen) atoms. The molecule has 4 nitrogen and oxygen atoms in total. The fourth-order valence-electron chi connectivity index (χ4n) is 2.90. The summed E-state index contributed by atoms with van der Waals surface area (Å²) < 4.78 is 12.0. The van der Waals surface area contributed by atoms with Crippen LogP contribution in [-0.4, -0.2) is 11.8 Å². The van der Waals surface area contributed by atoms with Crippen molar-refractivity contribution in [2.24, 2.45) is 0 Å². The Labute approximate surface area is 180 Å². The summed E-state index contributed by atoms with van der Waals surface area (Å²) in [5.41, 5.74) is 2.06. The number of carbonyl (C=O) groups is 2. The molecule has 0 unspecified atom stereocenters. The molecule has 0 fully saturated rings. The van der Waals surface area contributed by atoms with Crippen LogP contribution in [0.4, 0.5) is 0 Å². The molecule has 0 bridgehead atoms. The summed E-state index contributed by atoms with van der Waals surface area (Å²) in [6.07, 6.45) is 1.79. The third-order valence-electron chi connectivity index (χ3n) is 4.33. The molecule has 0 amide bonds. The fraction of sp³-hybridized carbons (Fsp3) is 0.0435. The number of hydrogen-bond donors (Lipinski definition) is 0. The van der Waals surface area contributed by atoms with E-state index in [-0.39, 0.29) is 18.0 Å². The van der Waals surface area contributed by atoms with Gasteiger partial charge in [-0.1, -0.05) is 57.9 Å². The lowest BCUT2D eigenvalue weighted by molar-refractivity contribution is -0.133. The van der Waals surface area contributed by atoms with E-state index in [1.807, 2.05) is 24.3 Å². The van der Waals surface area contributed by atoms with Crippen LogP contribution < -0.4 is 9.47 Å². The van der Waals surface area contributed by atoms with Gasteiger partial charge in [-0.15, -0.1) is 0 Å². The minimum absolute atomic E-state index is 0.112. The number of halogens is 2. The number of esters is 1. The first-order valence-electron chi connectivity index (χ1n) is 8.77. The lowest BCUT2D eigenvalue weighted by Crippen LogP contribution is -2.11. The average molecular weight is 470 g/mol. The number of allylic oxidation sites excluding steroid dienone is 1. The topological polar surface area (TPSA) is 52.6 Å². The van der Waals surface area contributed by atoms with Crippen molar-refractivity contribution in [2.45, 2.75) is 6.42 Å². The molecule has 3 aromatic carbocycles. The lowest BCUT2D eigenvalue weighted by atomic mass is 10.1. The second-order valence-electron chi connectivity index (χ2n) is 6.40. The number of ether oxygens (including phenoxy) is 2. The standard InChI is InChI=1S/C23H14BrClO4/c24-19-4-2-1-3-15(19)12-21-23(27)18-10-9-17(13-20(18)29-21)28-22(26)11-14-5-7-16(25)8-6-14/h1-10,12-13H,11H2/b21-12-. The van der Waals surface area contributed by atoms with Gasteiger partial charge in [0, 0.05) is 15.6 Å². The van der Waals surface area contributed by atoms with E-state index >= 15 is 0 Å². The number of fused-ring (bicyclic) bond motifs is 1. The highest BCUT2D eigenvalue weighted by molar-refractivity contribution is 9.10. The summed E-state index contributed by atoms with van der Waals surface area (Å²) in [7, 11) is 0. The number of hydrogen-bond acceptors (Lipinski definition) is 4. The molecule has 0 atom stereocenters. The molecule has 4 rings (SSSR count). The molecule has 144 valence electrons. The third kappa shape index (κ3) is 4.42. The Hall–Kier alpha value is -2.89. The van der Waals surface area contributed by atoms with Gasteiger partial charge >= 0.3 is 5.97 Å². The van der Waals surface area contributed by atoms with E-state index in [1.165, 1.54) is 0 Å². The van der Waals surface area contributed by atoms with E-state index in [9.17, 15) is 9.59 Å². The van der Waals surface area contributed by atoms with Crippen LogP contribution in [0.1, 0.15) is 21.5 Å². The molecule has 0 radical (unpaired) electrons. The van der Waals surface area contributed by atoms with Crippen LogP contribution in [0.25, 0.3) is 6.08 Å². The van der Waals surface area contributed by atoms with Crippen molar-refractivity contribution in [3.63, 3.8) is 0 Å². The maximum Gasteiger partial charge on any atom is 0.315 e. The van der Waals surface area contributed by atoms with Gasteiger partial charge in [0.1, 0.15) is 11.5 Å². The quantitative estimate of drug-likeness (QED) is 0.272. The zero-order valence-electron chi connectivity index (χ0n) is 15.0. The summed E-state index contributed by atoms with van der Waals surface area (Å²) >= 11 is 9.30.